The zero-order valence-electron chi connectivity index (χ0n) is 15.1. The summed E-state index contributed by atoms with van der Waals surface area (Å²) in [5.74, 6) is 0.821. The predicted molar refractivity (Wildman–Crippen MR) is 99.6 cm³/mol. The van der Waals surface area contributed by atoms with Gasteiger partial charge in [0.25, 0.3) is 15.8 Å². The molecule has 0 unspecified atom stereocenters. The molecular formula is C17H24N6O3S. The van der Waals surface area contributed by atoms with Crippen molar-refractivity contribution in [3.8, 4) is 5.82 Å². The van der Waals surface area contributed by atoms with Crippen LogP contribution in [0.1, 0.15) is 25.7 Å². The molecule has 2 aliphatic rings. The van der Waals surface area contributed by atoms with Gasteiger partial charge >= 0.3 is 0 Å². The smallest absolute Gasteiger partial charge is 0.268 e. The highest BCUT2D eigenvalue weighted by atomic mass is 32.2. The zero-order chi connectivity index (χ0) is 18.9. The van der Waals surface area contributed by atoms with Gasteiger partial charge in [-0.15, -0.1) is 5.10 Å². The van der Waals surface area contributed by atoms with Crippen molar-refractivity contribution in [2.75, 3.05) is 26.2 Å². The Bertz CT molecular complexity index is 926. The second-order valence-corrected chi connectivity index (χ2v) is 9.05. The van der Waals surface area contributed by atoms with Crippen molar-refractivity contribution >= 4 is 10.2 Å². The van der Waals surface area contributed by atoms with Gasteiger partial charge in [-0.05, 0) is 43.7 Å². The normalized spacial score (nSPS) is 20.3. The third kappa shape index (κ3) is 3.83. The molecule has 2 aliphatic heterocycles. The number of aromatic nitrogens is 4. The van der Waals surface area contributed by atoms with Gasteiger partial charge in [-0.25, -0.2) is 9.36 Å². The first-order chi connectivity index (χ1) is 13.0. The molecule has 0 N–H and O–H groups in total. The third-order valence-electron chi connectivity index (χ3n) is 5.31. The van der Waals surface area contributed by atoms with Gasteiger partial charge < -0.3 is 0 Å². The van der Waals surface area contributed by atoms with Gasteiger partial charge in [-0.1, -0.05) is 0 Å². The van der Waals surface area contributed by atoms with Crippen LogP contribution in [0.3, 0.4) is 0 Å². The fraction of sp³-hybridized carbons (Fsp3) is 0.588. The third-order valence-corrected chi connectivity index (χ3v) is 7.35. The molecular weight excluding hydrogens is 368 g/mol. The molecule has 2 saturated heterocycles. The molecule has 9 nitrogen and oxygen atoms in total. The van der Waals surface area contributed by atoms with E-state index in [1.807, 2.05) is 0 Å². The Hall–Kier alpha value is -2.04. The molecule has 2 aromatic rings. The maximum absolute atomic E-state index is 12.7. The Labute approximate surface area is 158 Å². The number of piperidine rings is 1. The van der Waals surface area contributed by atoms with Crippen molar-refractivity contribution < 1.29 is 8.42 Å². The van der Waals surface area contributed by atoms with Gasteiger partial charge in [0.2, 0.25) is 0 Å². The summed E-state index contributed by atoms with van der Waals surface area (Å²) in [7, 11) is -3.33. The average molecular weight is 392 g/mol. The Morgan fingerprint density at radius 1 is 1.04 bits per heavy atom. The first kappa shape index (κ1) is 18.3. The van der Waals surface area contributed by atoms with Crippen molar-refractivity contribution in [3.05, 3.63) is 40.9 Å². The lowest BCUT2D eigenvalue weighted by Gasteiger charge is -2.33. The van der Waals surface area contributed by atoms with E-state index in [4.69, 9.17) is 0 Å². The van der Waals surface area contributed by atoms with Crippen molar-refractivity contribution in [2.45, 2.75) is 32.2 Å². The lowest BCUT2D eigenvalue weighted by molar-refractivity contribution is 0.234. The number of nitrogens with zero attached hydrogens (tertiary/aromatic N) is 6. The molecule has 10 heteroatoms. The van der Waals surface area contributed by atoms with Crippen LogP contribution in [0.25, 0.3) is 5.82 Å². The minimum Gasteiger partial charge on any atom is -0.268 e. The number of rotatable bonds is 5. The second kappa shape index (κ2) is 7.53. The first-order valence-corrected chi connectivity index (χ1v) is 10.8. The zero-order valence-corrected chi connectivity index (χ0v) is 16.0. The summed E-state index contributed by atoms with van der Waals surface area (Å²) in [5.41, 5.74) is -0.155. The fourth-order valence-corrected chi connectivity index (χ4v) is 5.46. The molecule has 0 amide bonds. The molecule has 0 radical (unpaired) electrons. The summed E-state index contributed by atoms with van der Waals surface area (Å²) in [6, 6.07) is 4.95. The summed E-state index contributed by atoms with van der Waals surface area (Å²) in [5, 5.41) is 8.54. The van der Waals surface area contributed by atoms with E-state index in [1.54, 1.807) is 37.8 Å². The molecule has 0 aliphatic carbocycles. The molecule has 0 atom stereocenters. The topological polar surface area (TPSA) is 93.3 Å². The molecule has 0 bridgehead atoms. The molecule has 27 heavy (non-hydrogen) atoms. The van der Waals surface area contributed by atoms with E-state index in [-0.39, 0.29) is 11.5 Å². The summed E-state index contributed by atoms with van der Waals surface area (Å²) >= 11 is 0. The summed E-state index contributed by atoms with van der Waals surface area (Å²) in [6.07, 6.45) is 6.78. The Morgan fingerprint density at radius 2 is 1.74 bits per heavy atom. The van der Waals surface area contributed by atoms with Crippen LogP contribution in [-0.4, -0.2) is 62.8 Å². The van der Waals surface area contributed by atoms with E-state index >= 15 is 0 Å². The molecule has 4 heterocycles. The van der Waals surface area contributed by atoms with Crippen molar-refractivity contribution in [1.29, 1.82) is 0 Å². The molecule has 0 saturated carbocycles. The lowest BCUT2D eigenvalue weighted by atomic mass is 9.98. The van der Waals surface area contributed by atoms with Gasteiger partial charge in [0.05, 0.1) is 0 Å². The van der Waals surface area contributed by atoms with Crippen LogP contribution < -0.4 is 5.56 Å². The van der Waals surface area contributed by atoms with Gasteiger partial charge in [-0.2, -0.15) is 22.1 Å². The Balaban J connectivity index is 1.41. The number of hydrogen-bond donors (Lipinski definition) is 0. The van der Waals surface area contributed by atoms with E-state index in [0.29, 0.717) is 38.5 Å². The van der Waals surface area contributed by atoms with Crippen LogP contribution in [0.2, 0.25) is 0 Å². The molecule has 2 fully saturated rings. The summed E-state index contributed by atoms with van der Waals surface area (Å²) in [6.45, 7) is 2.74. The van der Waals surface area contributed by atoms with E-state index in [9.17, 15) is 13.2 Å². The number of hydrogen-bond acceptors (Lipinski definition) is 5. The van der Waals surface area contributed by atoms with E-state index in [1.165, 1.54) is 10.7 Å². The van der Waals surface area contributed by atoms with Crippen LogP contribution in [-0.2, 0) is 16.8 Å². The fourth-order valence-electron chi connectivity index (χ4n) is 3.74. The minimum atomic E-state index is -3.33. The van der Waals surface area contributed by atoms with Gasteiger partial charge in [0.1, 0.15) is 0 Å². The van der Waals surface area contributed by atoms with E-state index in [0.717, 1.165) is 25.7 Å². The highest BCUT2D eigenvalue weighted by Crippen LogP contribution is 2.24. The largest absolute Gasteiger partial charge is 0.281 e. The SMILES string of the molecule is O=c1ccc(-n2cccn2)nn1CC1CCN(S(=O)(=O)N2CCCC2)CC1. The maximum atomic E-state index is 12.7. The van der Waals surface area contributed by atoms with Crippen LogP contribution >= 0.6 is 0 Å². The maximum Gasteiger partial charge on any atom is 0.281 e. The molecule has 0 aromatic carbocycles. The summed E-state index contributed by atoms with van der Waals surface area (Å²) in [4.78, 5) is 12.2. The van der Waals surface area contributed by atoms with Crippen LogP contribution in [0.4, 0.5) is 0 Å². The molecule has 146 valence electrons. The van der Waals surface area contributed by atoms with Crippen LogP contribution in [0, 0.1) is 5.92 Å². The van der Waals surface area contributed by atoms with Crippen molar-refractivity contribution in [3.63, 3.8) is 0 Å². The van der Waals surface area contributed by atoms with Crippen molar-refractivity contribution in [2.24, 2.45) is 5.92 Å². The molecule has 2 aromatic heterocycles. The minimum absolute atomic E-state index is 0.155. The quantitative estimate of drug-likeness (QED) is 0.738. The van der Waals surface area contributed by atoms with E-state index < -0.39 is 10.2 Å². The average Bonchev–Trinajstić information content (AvgIpc) is 3.38. The highest BCUT2D eigenvalue weighted by Gasteiger charge is 2.34. The van der Waals surface area contributed by atoms with Crippen LogP contribution in [0.5, 0.6) is 0 Å². The van der Waals surface area contributed by atoms with E-state index in [2.05, 4.69) is 10.2 Å². The van der Waals surface area contributed by atoms with Gasteiger partial charge in [-0.3, -0.25) is 4.79 Å². The Kier molecular flexibility index (Phi) is 5.11. The van der Waals surface area contributed by atoms with Crippen molar-refractivity contribution in [1.82, 2.24) is 28.2 Å². The summed E-state index contributed by atoms with van der Waals surface area (Å²) < 4.78 is 31.6. The second-order valence-electron chi connectivity index (χ2n) is 7.12. The standard InChI is InChI=1S/C17H24N6O3S/c24-17-5-4-16(22-11-3-8-18-22)19-23(17)14-15-6-12-21(13-7-15)27(25,26)20-9-1-2-10-20/h3-5,8,11,15H,1-2,6-7,9-10,12-14H2. The van der Waals surface area contributed by atoms with Gasteiger partial charge in [0, 0.05) is 51.2 Å². The monoisotopic (exact) mass is 392 g/mol. The molecule has 4 rings (SSSR count). The Morgan fingerprint density at radius 3 is 2.41 bits per heavy atom. The van der Waals surface area contributed by atoms with Gasteiger partial charge in [0.15, 0.2) is 5.82 Å². The molecule has 0 spiro atoms. The highest BCUT2D eigenvalue weighted by molar-refractivity contribution is 7.86. The first-order valence-electron chi connectivity index (χ1n) is 9.37. The lowest BCUT2D eigenvalue weighted by Crippen LogP contribution is -2.46. The predicted octanol–water partition coefficient (Wildman–Crippen LogP) is 0.482. The van der Waals surface area contributed by atoms with Crippen LogP contribution in [0.15, 0.2) is 35.4 Å².